The van der Waals surface area contributed by atoms with Crippen LogP contribution in [0.2, 0.25) is 0 Å². The molecule has 0 amide bonds. The molecule has 0 radical (unpaired) electrons. The van der Waals surface area contributed by atoms with Gasteiger partial charge in [-0.25, -0.2) is 8.78 Å². The number of allylic oxidation sites excluding steroid dienone is 1. The molecule has 1 nitrogen and oxygen atoms in total. The summed E-state index contributed by atoms with van der Waals surface area (Å²) in [6.07, 6.45) is 2.30. The van der Waals surface area contributed by atoms with Gasteiger partial charge in [-0.3, -0.25) is 0 Å². The number of alkyl halides is 5. The first kappa shape index (κ1) is 24.6. The number of rotatable bonds is 6. The Kier molecular flexibility index (Phi) is 6.97. The van der Waals surface area contributed by atoms with E-state index in [4.69, 9.17) is 0 Å². The van der Waals surface area contributed by atoms with Crippen LogP contribution < -0.4 is 4.74 Å². The van der Waals surface area contributed by atoms with Gasteiger partial charge in [-0.1, -0.05) is 25.8 Å². The Hall–Kier alpha value is -2.51. The molecule has 2 aliphatic rings. The summed E-state index contributed by atoms with van der Waals surface area (Å²) in [6, 6.07) is 4.19. The highest BCUT2D eigenvalue weighted by Gasteiger charge is 2.37. The van der Waals surface area contributed by atoms with Crippen molar-refractivity contribution < 1.29 is 35.5 Å². The maximum absolute atomic E-state index is 15.1. The largest absolute Gasteiger partial charge is 0.434 e. The zero-order valence-corrected chi connectivity index (χ0v) is 18.6. The molecule has 4 rings (SSSR count). The van der Waals surface area contributed by atoms with Gasteiger partial charge in [-0.15, -0.1) is 0 Å². The Morgan fingerprint density at radius 2 is 1.62 bits per heavy atom. The van der Waals surface area contributed by atoms with E-state index in [1.165, 1.54) is 18.2 Å². The van der Waals surface area contributed by atoms with Crippen molar-refractivity contribution in [2.24, 2.45) is 5.92 Å². The molecule has 0 aliphatic heterocycles. The van der Waals surface area contributed by atoms with E-state index in [9.17, 15) is 22.0 Å². The molecule has 2 aromatic rings. The Balaban J connectivity index is 1.60. The molecule has 0 aromatic heterocycles. The highest BCUT2D eigenvalue weighted by atomic mass is 19.4. The van der Waals surface area contributed by atoms with E-state index in [0.29, 0.717) is 17.5 Å². The highest BCUT2D eigenvalue weighted by Crippen LogP contribution is 2.44. The summed E-state index contributed by atoms with van der Waals surface area (Å²) in [6.45, 7) is -1.30. The molecule has 0 atom stereocenters. The molecule has 0 unspecified atom stereocenters. The van der Waals surface area contributed by atoms with Crippen molar-refractivity contribution in [3.8, 4) is 5.75 Å². The lowest BCUT2D eigenvalue weighted by Gasteiger charge is -2.29. The normalized spacial score (nSPS) is 20.4. The summed E-state index contributed by atoms with van der Waals surface area (Å²) in [7, 11) is 0. The maximum Gasteiger partial charge on any atom is 0.419 e. The minimum absolute atomic E-state index is 0.0734. The van der Waals surface area contributed by atoms with E-state index in [1.807, 2.05) is 0 Å². The smallest absolute Gasteiger partial charge is 0.419 e. The molecular formula is C26H25F7O. The summed E-state index contributed by atoms with van der Waals surface area (Å²) < 4.78 is 99.5. The van der Waals surface area contributed by atoms with E-state index in [0.717, 1.165) is 44.6 Å². The van der Waals surface area contributed by atoms with Gasteiger partial charge in [-0.05, 0) is 90.5 Å². The van der Waals surface area contributed by atoms with Crippen LogP contribution in [0.15, 0.2) is 24.3 Å². The van der Waals surface area contributed by atoms with Crippen LogP contribution in [0, 0.1) is 17.6 Å². The molecular weight excluding hydrogens is 461 g/mol. The van der Waals surface area contributed by atoms with Gasteiger partial charge in [0.15, 0.2) is 0 Å². The zero-order valence-electron chi connectivity index (χ0n) is 18.6. The quantitative estimate of drug-likeness (QED) is 0.371. The second kappa shape index (κ2) is 9.62. The van der Waals surface area contributed by atoms with E-state index < -0.39 is 35.7 Å². The molecule has 0 spiro atoms. The predicted molar refractivity (Wildman–Crippen MR) is 116 cm³/mol. The van der Waals surface area contributed by atoms with Gasteiger partial charge in [0, 0.05) is 5.56 Å². The van der Waals surface area contributed by atoms with Crippen LogP contribution in [-0.2, 0) is 12.6 Å². The van der Waals surface area contributed by atoms with Crippen molar-refractivity contribution in [3.05, 3.63) is 63.7 Å². The summed E-state index contributed by atoms with van der Waals surface area (Å²) >= 11 is 0. The molecule has 1 saturated carbocycles. The topological polar surface area (TPSA) is 9.23 Å². The fourth-order valence-electron chi connectivity index (χ4n) is 5.28. The van der Waals surface area contributed by atoms with Crippen molar-refractivity contribution in [2.75, 3.05) is 0 Å². The van der Waals surface area contributed by atoms with Crippen LogP contribution in [0.25, 0.3) is 11.6 Å². The van der Waals surface area contributed by atoms with E-state index >= 15 is 8.78 Å². The summed E-state index contributed by atoms with van der Waals surface area (Å²) in [5, 5.41) is 0. The molecule has 0 saturated heterocycles. The molecule has 184 valence electrons. The van der Waals surface area contributed by atoms with Crippen molar-refractivity contribution in [1.82, 2.24) is 0 Å². The third-order valence-electron chi connectivity index (χ3n) is 6.87. The van der Waals surface area contributed by atoms with Crippen LogP contribution in [-0.4, -0.2) is 6.61 Å². The first-order valence-corrected chi connectivity index (χ1v) is 11.5. The van der Waals surface area contributed by atoms with Crippen molar-refractivity contribution in [2.45, 2.75) is 70.6 Å². The molecule has 1 fully saturated rings. The minimum atomic E-state index is -4.92. The van der Waals surface area contributed by atoms with Crippen LogP contribution >= 0.6 is 0 Å². The van der Waals surface area contributed by atoms with Gasteiger partial charge in [0.2, 0.25) is 0 Å². The summed E-state index contributed by atoms with van der Waals surface area (Å²) in [5.41, 5.74) is -0.597. The molecule has 0 N–H and O–H groups in total. The lowest BCUT2D eigenvalue weighted by molar-refractivity contribution is -0.141. The highest BCUT2D eigenvalue weighted by molar-refractivity contribution is 5.89. The van der Waals surface area contributed by atoms with Crippen molar-refractivity contribution in [1.29, 1.82) is 0 Å². The number of ether oxygens (including phenoxy) is 1. The Morgan fingerprint density at radius 3 is 2.18 bits per heavy atom. The second-order valence-corrected chi connectivity index (χ2v) is 9.14. The van der Waals surface area contributed by atoms with Crippen LogP contribution in [0.4, 0.5) is 30.7 Å². The van der Waals surface area contributed by atoms with Gasteiger partial charge >= 0.3 is 12.8 Å². The first-order valence-electron chi connectivity index (χ1n) is 11.5. The lowest BCUT2D eigenvalue weighted by atomic mass is 9.77. The van der Waals surface area contributed by atoms with Gasteiger partial charge in [0.1, 0.15) is 17.4 Å². The average molecular weight is 486 g/mol. The first-order chi connectivity index (χ1) is 16.1. The Bertz CT molecular complexity index is 1060. The van der Waals surface area contributed by atoms with Gasteiger partial charge in [0.25, 0.3) is 0 Å². The monoisotopic (exact) mass is 486 g/mol. The SMILES string of the molecule is CCCC1CCC(c2cc(F)c(C3=Cc4cc(OC(F)F)c(C(F)(F)F)cc4C3)c(F)c2)CC1. The number of halogens is 7. The van der Waals surface area contributed by atoms with Crippen LogP contribution in [0.5, 0.6) is 5.75 Å². The van der Waals surface area contributed by atoms with E-state index in [1.54, 1.807) is 0 Å². The maximum atomic E-state index is 15.1. The minimum Gasteiger partial charge on any atom is -0.434 e. The zero-order chi connectivity index (χ0) is 24.6. The predicted octanol–water partition coefficient (Wildman–Crippen LogP) is 8.76. The van der Waals surface area contributed by atoms with Gasteiger partial charge < -0.3 is 4.74 Å². The average Bonchev–Trinajstić information content (AvgIpc) is 3.14. The number of fused-ring (bicyclic) bond motifs is 1. The van der Waals surface area contributed by atoms with Gasteiger partial charge in [0.05, 0.1) is 5.56 Å². The van der Waals surface area contributed by atoms with Crippen molar-refractivity contribution >= 4 is 11.6 Å². The fraction of sp³-hybridized carbons (Fsp3) is 0.462. The molecule has 34 heavy (non-hydrogen) atoms. The van der Waals surface area contributed by atoms with Crippen LogP contribution in [0.1, 0.15) is 79.2 Å². The Labute approximate surface area is 193 Å². The van der Waals surface area contributed by atoms with E-state index in [2.05, 4.69) is 11.7 Å². The third kappa shape index (κ3) is 5.10. The standard InChI is InChI=1S/C26H25F7O/c1-2-3-14-4-6-15(7-5-14)18-11-21(27)24(22(28)12-18)19-8-16-10-20(26(31,32)33)23(34-25(29)30)13-17(16)9-19/h9-15,25H,2-8H2,1H3. The fourth-order valence-corrected chi connectivity index (χ4v) is 5.28. The molecule has 2 aliphatic carbocycles. The number of hydrogen-bond acceptors (Lipinski definition) is 1. The van der Waals surface area contributed by atoms with Crippen LogP contribution in [0.3, 0.4) is 0 Å². The van der Waals surface area contributed by atoms with Crippen molar-refractivity contribution in [3.63, 3.8) is 0 Å². The third-order valence-corrected chi connectivity index (χ3v) is 6.87. The second-order valence-electron chi connectivity index (χ2n) is 9.14. The Morgan fingerprint density at radius 1 is 0.971 bits per heavy atom. The van der Waals surface area contributed by atoms with E-state index in [-0.39, 0.29) is 34.6 Å². The molecule has 0 bridgehead atoms. The van der Waals surface area contributed by atoms with Gasteiger partial charge in [-0.2, -0.15) is 22.0 Å². The molecule has 0 heterocycles. The summed E-state index contributed by atoms with van der Waals surface area (Å²) in [5.74, 6) is -1.84. The molecule has 2 aromatic carbocycles. The summed E-state index contributed by atoms with van der Waals surface area (Å²) in [4.78, 5) is 0. The molecule has 8 heteroatoms. The lowest BCUT2D eigenvalue weighted by Crippen LogP contribution is -2.14. The number of benzene rings is 2. The number of hydrogen-bond donors (Lipinski definition) is 0.